The average molecular weight is 298 g/mol. The number of carbonyl (C=O) groups is 4. The second kappa shape index (κ2) is 5.46. The van der Waals surface area contributed by atoms with Gasteiger partial charge in [0.05, 0.1) is 25.7 Å². The van der Waals surface area contributed by atoms with Crippen molar-refractivity contribution in [2.45, 2.75) is 51.4 Å². The first-order valence-electron chi connectivity index (χ1n) is 6.91. The van der Waals surface area contributed by atoms with Crippen molar-refractivity contribution in [2.75, 3.05) is 0 Å². The van der Waals surface area contributed by atoms with Crippen molar-refractivity contribution in [1.29, 1.82) is 0 Å². The Bertz CT molecular complexity index is 442. The topological polar surface area (TPSA) is 118 Å². The second-order valence-corrected chi connectivity index (χ2v) is 6.34. The standard InChI is InChI=1S/C14H18O7/c15-9(16)5-13(1-2-13)7-11(19)21-12(20)8-14(3-4-14)6-10(17)18/h1-8H2,(H,15,16)(H,17,18). The number of carbonyl (C=O) groups excluding carboxylic acids is 2. The molecule has 2 aliphatic rings. The molecular formula is C14H18O7. The van der Waals surface area contributed by atoms with Gasteiger partial charge in [-0.3, -0.25) is 19.2 Å². The lowest BCUT2D eigenvalue weighted by Gasteiger charge is -2.13. The predicted molar refractivity (Wildman–Crippen MR) is 68.2 cm³/mol. The van der Waals surface area contributed by atoms with Crippen LogP contribution in [0.2, 0.25) is 0 Å². The molecule has 2 rings (SSSR count). The summed E-state index contributed by atoms with van der Waals surface area (Å²) in [6.45, 7) is 0. The fourth-order valence-electron chi connectivity index (χ4n) is 2.64. The highest BCUT2D eigenvalue weighted by atomic mass is 16.6. The molecule has 2 saturated carbocycles. The molecule has 0 aromatic carbocycles. The average Bonchev–Trinajstić information content (AvgIpc) is 3.17. The van der Waals surface area contributed by atoms with Crippen LogP contribution in [0.25, 0.3) is 0 Å². The Morgan fingerprint density at radius 3 is 1.29 bits per heavy atom. The van der Waals surface area contributed by atoms with Crippen LogP contribution in [0.4, 0.5) is 0 Å². The third-order valence-corrected chi connectivity index (χ3v) is 4.23. The molecule has 0 saturated heterocycles. The Hall–Kier alpha value is -1.92. The minimum atomic E-state index is -0.968. The molecule has 7 heteroatoms. The van der Waals surface area contributed by atoms with Gasteiger partial charge in [-0.05, 0) is 36.5 Å². The molecule has 7 nitrogen and oxygen atoms in total. The zero-order chi connectivity index (χ0) is 15.7. The SMILES string of the molecule is O=C(O)CC1(CC(=O)OC(=O)CC2(CC(=O)O)CC2)CC1. The number of hydrogen-bond acceptors (Lipinski definition) is 5. The lowest BCUT2D eigenvalue weighted by molar-refractivity contribution is -0.161. The molecule has 0 amide bonds. The van der Waals surface area contributed by atoms with E-state index in [9.17, 15) is 19.2 Å². The van der Waals surface area contributed by atoms with Crippen LogP contribution in [0, 0.1) is 10.8 Å². The lowest BCUT2D eigenvalue weighted by atomic mass is 9.97. The molecule has 0 spiro atoms. The Morgan fingerprint density at radius 1 is 0.714 bits per heavy atom. The smallest absolute Gasteiger partial charge is 0.314 e. The van der Waals surface area contributed by atoms with Crippen LogP contribution < -0.4 is 0 Å². The minimum absolute atomic E-state index is 0.0724. The highest BCUT2D eigenvalue weighted by molar-refractivity contribution is 5.87. The van der Waals surface area contributed by atoms with Crippen LogP contribution in [-0.2, 0) is 23.9 Å². The van der Waals surface area contributed by atoms with Gasteiger partial charge in [-0.25, -0.2) is 0 Å². The predicted octanol–water partition coefficient (Wildman–Crippen LogP) is 1.35. The summed E-state index contributed by atoms with van der Waals surface area (Å²) < 4.78 is 4.70. The fraction of sp³-hybridized carbons (Fsp3) is 0.714. The Balaban J connectivity index is 1.77. The van der Waals surface area contributed by atoms with E-state index in [-0.39, 0.29) is 25.7 Å². The van der Waals surface area contributed by atoms with E-state index in [0.717, 1.165) is 0 Å². The number of hydrogen-bond donors (Lipinski definition) is 2. The molecule has 2 fully saturated rings. The molecule has 0 aliphatic heterocycles. The molecule has 2 aliphatic carbocycles. The van der Waals surface area contributed by atoms with Crippen molar-refractivity contribution in [1.82, 2.24) is 0 Å². The molecule has 116 valence electrons. The van der Waals surface area contributed by atoms with Gasteiger partial charge < -0.3 is 14.9 Å². The van der Waals surface area contributed by atoms with Crippen molar-refractivity contribution in [3.05, 3.63) is 0 Å². The summed E-state index contributed by atoms with van der Waals surface area (Å²) in [4.78, 5) is 44.7. The van der Waals surface area contributed by atoms with Crippen LogP contribution in [0.5, 0.6) is 0 Å². The van der Waals surface area contributed by atoms with Crippen LogP contribution in [-0.4, -0.2) is 34.1 Å². The van der Waals surface area contributed by atoms with E-state index in [0.29, 0.717) is 25.7 Å². The molecule has 0 aromatic rings. The van der Waals surface area contributed by atoms with E-state index in [1.165, 1.54) is 0 Å². The highest BCUT2D eigenvalue weighted by Gasteiger charge is 2.48. The summed E-state index contributed by atoms with van der Waals surface area (Å²) in [6, 6.07) is 0. The molecule has 0 heterocycles. The van der Waals surface area contributed by atoms with Gasteiger partial charge in [-0.1, -0.05) is 0 Å². The van der Waals surface area contributed by atoms with Crippen molar-refractivity contribution in [3.8, 4) is 0 Å². The maximum absolute atomic E-state index is 11.7. The van der Waals surface area contributed by atoms with Gasteiger partial charge in [0.2, 0.25) is 0 Å². The van der Waals surface area contributed by atoms with E-state index in [2.05, 4.69) is 0 Å². The largest absolute Gasteiger partial charge is 0.481 e. The number of carboxylic acids is 2. The van der Waals surface area contributed by atoms with E-state index >= 15 is 0 Å². The van der Waals surface area contributed by atoms with Crippen LogP contribution in [0.1, 0.15) is 51.4 Å². The number of rotatable bonds is 8. The normalized spacial score (nSPS) is 20.4. The van der Waals surface area contributed by atoms with Crippen molar-refractivity contribution >= 4 is 23.9 Å². The van der Waals surface area contributed by atoms with E-state index in [1.54, 1.807) is 0 Å². The third kappa shape index (κ3) is 4.54. The van der Waals surface area contributed by atoms with Gasteiger partial charge in [-0.15, -0.1) is 0 Å². The van der Waals surface area contributed by atoms with Crippen LogP contribution in [0.3, 0.4) is 0 Å². The van der Waals surface area contributed by atoms with Crippen molar-refractivity contribution in [2.24, 2.45) is 10.8 Å². The molecule has 0 atom stereocenters. The Morgan fingerprint density at radius 2 is 1.05 bits per heavy atom. The first-order chi connectivity index (χ1) is 9.74. The molecule has 21 heavy (non-hydrogen) atoms. The van der Waals surface area contributed by atoms with Crippen LogP contribution in [0.15, 0.2) is 0 Å². The molecule has 0 aromatic heterocycles. The summed E-state index contributed by atoms with van der Waals surface area (Å²) in [5, 5.41) is 17.5. The van der Waals surface area contributed by atoms with E-state index in [4.69, 9.17) is 14.9 Å². The fourth-order valence-corrected chi connectivity index (χ4v) is 2.64. The van der Waals surface area contributed by atoms with E-state index < -0.39 is 34.7 Å². The number of aliphatic carboxylic acids is 2. The van der Waals surface area contributed by atoms with Crippen molar-refractivity contribution < 1.29 is 34.1 Å². The molecule has 0 radical (unpaired) electrons. The lowest BCUT2D eigenvalue weighted by Crippen LogP contribution is -2.21. The van der Waals surface area contributed by atoms with Gasteiger partial charge in [0, 0.05) is 0 Å². The number of carboxylic acid groups (broad SMARTS) is 2. The van der Waals surface area contributed by atoms with E-state index in [1.807, 2.05) is 0 Å². The Kier molecular flexibility index (Phi) is 4.02. The summed E-state index contributed by atoms with van der Waals surface area (Å²) >= 11 is 0. The summed E-state index contributed by atoms with van der Waals surface area (Å²) in [5.41, 5.74) is -1.11. The van der Waals surface area contributed by atoms with Gasteiger partial charge in [0.1, 0.15) is 0 Å². The van der Waals surface area contributed by atoms with Gasteiger partial charge >= 0.3 is 23.9 Å². The van der Waals surface area contributed by atoms with Crippen molar-refractivity contribution in [3.63, 3.8) is 0 Å². The molecule has 0 unspecified atom stereocenters. The quantitative estimate of drug-likeness (QED) is 0.513. The summed E-state index contributed by atoms with van der Waals surface area (Å²) in [7, 11) is 0. The summed E-state index contributed by atoms with van der Waals surface area (Å²) in [6.07, 6.45) is 2.24. The highest BCUT2D eigenvalue weighted by Crippen LogP contribution is 2.53. The zero-order valence-electron chi connectivity index (χ0n) is 11.6. The maximum atomic E-state index is 11.7. The maximum Gasteiger partial charge on any atom is 0.314 e. The van der Waals surface area contributed by atoms with Gasteiger partial charge in [0.25, 0.3) is 0 Å². The minimum Gasteiger partial charge on any atom is -0.481 e. The number of ether oxygens (including phenoxy) is 1. The molecular weight excluding hydrogens is 280 g/mol. The van der Waals surface area contributed by atoms with Crippen LogP contribution >= 0.6 is 0 Å². The number of esters is 2. The monoisotopic (exact) mass is 298 g/mol. The van der Waals surface area contributed by atoms with Gasteiger partial charge in [0.15, 0.2) is 0 Å². The second-order valence-electron chi connectivity index (χ2n) is 6.34. The Labute approximate surface area is 121 Å². The summed E-state index contributed by atoms with van der Waals surface area (Å²) in [5.74, 6) is -3.37. The molecule has 2 N–H and O–H groups in total. The molecule has 0 bridgehead atoms. The first kappa shape index (κ1) is 15.5. The zero-order valence-corrected chi connectivity index (χ0v) is 11.6. The third-order valence-electron chi connectivity index (χ3n) is 4.23. The van der Waals surface area contributed by atoms with Gasteiger partial charge in [-0.2, -0.15) is 0 Å². The first-order valence-corrected chi connectivity index (χ1v) is 6.91.